The lowest BCUT2D eigenvalue weighted by Gasteiger charge is -2.68. The molecule has 0 aromatic heterocycles. The lowest BCUT2D eigenvalue weighted by molar-refractivity contribution is -0.187. The number of hydrogen-bond donors (Lipinski definition) is 2. The summed E-state index contributed by atoms with van der Waals surface area (Å²) in [5, 5.41) is 21.8. The molecule has 6 unspecified atom stereocenters. The number of fused-ring (bicyclic) bond motifs is 3. The van der Waals surface area contributed by atoms with Crippen LogP contribution in [0.3, 0.4) is 0 Å². The van der Waals surface area contributed by atoms with E-state index in [2.05, 4.69) is 31.7 Å². The number of phenolic OH excluding ortho intramolecular Hbond substituents is 1. The molecular formula is C27H39NO3. The Labute approximate surface area is 187 Å². The predicted octanol–water partition coefficient (Wildman–Crippen LogP) is 4.72. The van der Waals surface area contributed by atoms with Crippen molar-refractivity contribution in [1.29, 1.82) is 0 Å². The fourth-order valence-corrected chi connectivity index (χ4v) is 8.10. The van der Waals surface area contributed by atoms with Crippen LogP contribution in [0.2, 0.25) is 0 Å². The van der Waals surface area contributed by atoms with Crippen molar-refractivity contribution in [2.75, 3.05) is 19.6 Å². The Morgan fingerprint density at radius 1 is 1.19 bits per heavy atom. The second-order valence-corrected chi connectivity index (χ2v) is 12.6. The zero-order valence-corrected chi connectivity index (χ0v) is 19.4. The molecule has 2 aliphatic heterocycles. The fraction of sp³-hybridized carbons (Fsp3) is 0.778. The average Bonchev–Trinajstić information content (AvgIpc) is 3.46. The number of para-hydroxylation sites is 1. The molecule has 7 rings (SSSR count). The summed E-state index contributed by atoms with van der Waals surface area (Å²) in [6.45, 7) is 10.0. The number of nitrogens with zero attached hydrogens (tertiary/aromatic N) is 1. The van der Waals surface area contributed by atoms with Crippen molar-refractivity contribution in [3.63, 3.8) is 0 Å². The molecule has 1 saturated heterocycles. The molecule has 4 nitrogen and oxygen atoms in total. The highest BCUT2D eigenvalue weighted by molar-refractivity contribution is 5.56. The van der Waals surface area contributed by atoms with Crippen LogP contribution in [0, 0.1) is 28.6 Å². The minimum Gasteiger partial charge on any atom is -0.504 e. The van der Waals surface area contributed by atoms with Crippen LogP contribution in [0.1, 0.15) is 71.3 Å². The van der Waals surface area contributed by atoms with Gasteiger partial charge in [0, 0.05) is 24.1 Å². The van der Waals surface area contributed by atoms with Crippen LogP contribution in [0.4, 0.5) is 0 Å². The Morgan fingerprint density at radius 3 is 2.74 bits per heavy atom. The highest BCUT2D eigenvalue weighted by Crippen LogP contribution is 2.72. The number of aliphatic hydroxyl groups is 1. The summed E-state index contributed by atoms with van der Waals surface area (Å²) in [7, 11) is 0. The smallest absolute Gasteiger partial charge is 0.165 e. The first kappa shape index (κ1) is 20.4. The second-order valence-electron chi connectivity index (χ2n) is 12.6. The molecule has 4 saturated carbocycles. The van der Waals surface area contributed by atoms with E-state index >= 15 is 0 Å². The van der Waals surface area contributed by atoms with Crippen LogP contribution in [0.15, 0.2) is 18.2 Å². The third-order valence-corrected chi connectivity index (χ3v) is 9.90. The molecule has 170 valence electrons. The molecule has 6 aliphatic rings. The van der Waals surface area contributed by atoms with Crippen molar-refractivity contribution in [2.24, 2.45) is 28.6 Å². The van der Waals surface area contributed by atoms with Gasteiger partial charge in [0.2, 0.25) is 0 Å². The van der Waals surface area contributed by atoms with Gasteiger partial charge in [0.1, 0.15) is 6.10 Å². The van der Waals surface area contributed by atoms with Gasteiger partial charge in [-0.2, -0.15) is 0 Å². The van der Waals surface area contributed by atoms with Crippen molar-refractivity contribution >= 4 is 0 Å². The Balaban J connectivity index is 1.45. The summed E-state index contributed by atoms with van der Waals surface area (Å²) in [5.41, 5.74) is 1.29. The quantitative estimate of drug-likeness (QED) is 0.733. The van der Waals surface area contributed by atoms with Crippen molar-refractivity contribution in [3.05, 3.63) is 23.8 Å². The summed E-state index contributed by atoms with van der Waals surface area (Å²) >= 11 is 0. The summed E-state index contributed by atoms with van der Waals surface area (Å²) in [6, 6.07) is 6.04. The van der Waals surface area contributed by atoms with Crippen molar-refractivity contribution < 1.29 is 14.9 Å². The molecule has 31 heavy (non-hydrogen) atoms. The molecule has 2 N–H and O–H groups in total. The van der Waals surface area contributed by atoms with Crippen molar-refractivity contribution in [3.8, 4) is 11.5 Å². The van der Waals surface area contributed by atoms with Crippen molar-refractivity contribution in [2.45, 2.75) is 83.3 Å². The lowest BCUT2D eigenvalue weighted by Crippen LogP contribution is -2.72. The molecule has 2 spiro atoms. The zero-order chi connectivity index (χ0) is 21.6. The van der Waals surface area contributed by atoms with Gasteiger partial charge in [-0.1, -0.05) is 32.9 Å². The van der Waals surface area contributed by atoms with E-state index in [4.69, 9.17) is 4.74 Å². The van der Waals surface area contributed by atoms with Gasteiger partial charge in [0.05, 0.1) is 6.10 Å². The maximum Gasteiger partial charge on any atom is 0.165 e. The summed E-state index contributed by atoms with van der Waals surface area (Å²) < 4.78 is 6.65. The normalized spacial score (nSPS) is 40.1. The van der Waals surface area contributed by atoms with Crippen LogP contribution in [-0.2, 0) is 5.41 Å². The molecule has 1 aromatic rings. The maximum absolute atomic E-state index is 11.2. The topological polar surface area (TPSA) is 52.9 Å². The SMILES string of the molecule is CC(C)(C)C(O)CC1CC2CCC13CN(CC1CC1)CCC31c3cccc(O)c3OC21. The van der Waals surface area contributed by atoms with Crippen LogP contribution in [0.25, 0.3) is 0 Å². The minimum atomic E-state index is -0.286. The summed E-state index contributed by atoms with van der Waals surface area (Å²) in [5.74, 6) is 3.01. The van der Waals surface area contributed by atoms with E-state index in [0.29, 0.717) is 17.6 Å². The van der Waals surface area contributed by atoms with Gasteiger partial charge in [0.15, 0.2) is 11.5 Å². The van der Waals surface area contributed by atoms with Gasteiger partial charge >= 0.3 is 0 Å². The number of ether oxygens (including phenoxy) is 1. The zero-order valence-electron chi connectivity index (χ0n) is 19.4. The number of hydrogen-bond acceptors (Lipinski definition) is 4. The van der Waals surface area contributed by atoms with Gasteiger partial charge in [-0.25, -0.2) is 0 Å². The van der Waals surface area contributed by atoms with Gasteiger partial charge in [-0.15, -0.1) is 0 Å². The number of rotatable bonds is 4. The van der Waals surface area contributed by atoms with E-state index in [1.54, 1.807) is 6.07 Å². The van der Waals surface area contributed by atoms with E-state index in [0.717, 1.165) is 44.0 Å². The third kappa shape index (κ3) is 2.80. The lowest BCUT2D eigenvalue weighted by atomic mass is 9.38. The molecule has 0 radical (unpaired) electrons. The molecule has 6 atom stereocenters. The van der Waals surface area contributed by atoms with E-state index in [1.165, 1.54) is 37.8 Å². The van der Waals surface area contributed by atoms with Gasteiger partial charge in [-0.3, -0.25) is 0 Å². The Bertz CT molecular complexity index is 874. The van der Waals surface area contributed by atoms with Gasteiger partial charge in [0.25, 0.3) is 0 Å². The number of piperidine rings is 1. The average molecular weight is 426 g/mol. The Morgan fingerprint density at radius 2 is 2.00 bits per heavy atom. The van der Waals surface area contributed by atoms with E-state index < -0.39 is 0 Å². The number of aliphatic hydroxyl groups excluding tert-OH is 1. The molecule has 1 aromatic carbocycles. The molecule has 4 aliphatic carbocycles. The first-order chi connectivity index (χ1) is 14.7. The van der Waals surface area contributed by atoms with Gasteiger partial charge in [-0.05, 0) is 86.1 Å². The number of benzene rings is 1. The third-order valence-electron chi connectivity index (χ3n) is 9.90. The second kappa shape index (κ2) is 6.63. The first-order valence-corrected chi connectivity index (χ1v) is 12.6. The van der Waals surface area contributed by atoms with E-state index in [1.807, 2.05) is 6.07 Å². The molecule has 2 heterocycles. The van der Waals surface area contributed by atoms with Crippen molar-refractivity contribution in [1.82, 2.24) is 4.90 Å². The van der Waals surface area contributed by atoms with Gasteiger partial charge < -0.3 is 19.8 Å². The fourth-order valence-electron chi connectivity index (χ4n) is 8.10. The highest BCUT2D eigenvalue weighted by Gasteiger charge is 2.72. The number of likely N-dealkylation sites (tertiary alicyclic amines) is 1. The van der Waals surface area contributed by atoms with E-state index in [-0.39, 0.29) is 28.5 Å². The molecule has 2 bridgehead atoms. The Kier molecular flexibility index (Phi) is 4.36. The van der Waals surface area contributed by atoms with E-state index in [9.17, 15) is 10.2 Å². The monoisotopic (exact) mass is 425 g/mol. The van der Waals surface area contributed by atoms with Crippen LogP contribution in [-0.4, -0.2) is 47.0 Å². The number of aromatic hydroxyl groups is 1. The molecule has 4 heteroatoms. The maximum atomic E-state index is 11.2. The largest absolute Gasteiger partial charge is 0.504 e. The summed E-state index contributed by atoms with van der Waals surface area (Å²) in [6.07, 6.45) is 8.32. The summed E-state index contributed by atoms with van der Waals surface area (Å²) in [4.78, 5) is 2.75. The molecule has 5 fully saturated rings. The standard InChI is InChI=1S/C27H39NO3/c1-25(2,3)22(30)14-19-13-18-9-10-26(19)16-28(15-17-7-8-17)12-11-27(26)20-5-4-6-21(29)23(20)31-24(18)27/h4-6,17-19,22,24,29-30H,7-16H2,1-3H3. The van der Waals surface area contributed by atoms with Crippen LogP contribution in [0.5, 0.6) is 11.5 Å². The van der Waals surface area contributed by atoms with Crippen LogP contribution >= 0.6 is 0 Å². The van der Waals surface area contributed by atoms with Crippen LogP contribution < -0.4 is 4.74 Å². The Hall–Kier alpha value is -1.26. The number of phenols is 1. The first-order valence-electron chi connectivity index (χ1n) is 12.6. The molecule has 0 amide bonds. The molecular weight excluding hydrogens is 386 g/mol. The highest BCUT2D eigenvalue weighted by atomic mass is 16.5. The minimum absolute atomic E-state index is 0.00936. The predicted molar refractivity (Wildman–Crippen MR) is 121 cm³/mol.